The van der Waals surface area contributed by atoms with Gasteiger partial charge in [0.1, 0.15) is 19.0 Å². The van der Waals surface area contributed by atoms with Crippen LogP contribution in [0.5, 0.6) is 5.75 Å². The summed E-state index contributed by atoms with van der Waals surface area (Å²) < 4.78 is 10.0. The first-order valence-corrected chi connectivity index (χ1v) is 4.95. The van der Waals surface area contributed by atoms with E-state index in [2.05, 4.69) is 10.1 Å². The summed E-state index contributed by atoms with van der Waals surface area (Å²) in [5.41, 5.74) is -0.462. The summed E-state index contributed by atoms with van der Waals surface area (Å²) in [6.45, 7) is 1.77. The maximum Gasteiger partial charge on any atom is 0.409 e. The molecule has 1 amide bonds. The van der Waals surface area contributed by atoms with Gasteiger partial charge in [0.25, 0.3) is 0 Å². The second-order valence-electron chi connectivity index (χ2n) is 3.79. The average molecular weight is 223 g/mol. The highest BCUT2D eigenvalue weighted by atomic mass is 16.6. The molecule has 1 saturated heterocycles. The number of hydrogen-bond donors (Lipinski definition) is 2. The lowest BCUT2D eigenvalue weighted by Gasteiger charge is -2.20. The number of hydrogen-bond acceptors (Lipinski definition) is 4. The zero-order valence-corrected chi connectivity index (χ0v) is 8.90. The van der Waals surface area contributed by atoms with Gasteiger partial charge in [-0.25, -0.2) is 4.79 Å². The van der Waals surface area contributed by atoms with Crippen LogP contribution in [0, 0.1) is 6.92 Å². The molecule has 5 heteroatoms. The van der Waals surface area contributed by atoms with E-state index in [-0.39, 0.29) is 13.2 Å². The predicted molar refractivity (Wildman–Crippen MR) is 56.1 cm³/mol. The van der Waals surface area contributed by atoms with Crippen LogP contribution in [0.2, 0.25) is 0 Å². The molecule has 1 aliphatic heterocycles. The molecule has 1 atom stereocenters. The third-order valence-electron chi connectivity index (χ3n) is 2.34. The second-order valence-corrected chi connectivity index (χ2v) is 3.79. The Morgan fingerprint density at radius 1 is 1.56 bits per heavy atom. The van der Waals surface area contributed by atoms with Crippen LogP contribution in [0.1, 0.15) is 5.56 Å². The number of aliphatic hydroxyl groups is 1. The molecule has 86 valence electrons. The molecule has 1 unspecified atom stereocenters. The van der Waals surface area contributed by atoms with Gasteiger partial charge in [0.2, 0.25) is 5.72 Å². The smallest absolute Gasteiger partial charge is 0.409 e. The van der Waals surface area contributed by atoms with Crippen LogP contribution < -0.4 is 10.1 Å². The molecule has 0 bridgehead atoms. The maximum absolute atomic E-state index is 10.8. The molecule has 1 aromatic rings. The number of nitrogens with one attached hydrogen (secondary N) is 1. The summed E-state index contributed by atoms with van der Waals surface area (Å²) in [6.07, 6.45) is -0.629. The molecular weight excluding hydrogens is 210 g/mol. The topological polar surface area (TPSA) is 67.8 Å². The SMILES string of the molecule is Cc1ccccc1OCC1(O)COC(=O)N1. The van der Waals surface area contributed by atoms with Gasteiger partial charge in [-0.05, 0) is 18.6 Å². The number of amides is 1. The summed E-state index contributed by atoms with van der Waals surface area (Å²) in [7, 11) is 0. The Hall–Kier alpha value is -1.75. The van der Waals surface area contributed by atoms with Crippen LogP contribution in [0.25, 0.3) is 0 Å². The van der Waals surface area contributed by atoms with Gasteiger partial charge in [-0.15, -0.1) is 0 Å². The molecule has 16 heavy (non-hydrogen) atoms. The molecule has 1 heterocycles. The average Bonchev–Trinajstić information content (AvgIpc) is 2.58. The van der Waals surface area contributed by atoms with E-state index in [1.165, 1.54) is 0 Å². The van der Waals surface area contributed by atoms with Crippen molar-refractivity contribution in [3.63, 3.8) is 0 Å². The monoisotopic (exact) mass is 223 g/mol. The largest absolute Gasteiger partial charge is 0.488 e. The summed E-state index contributed by atoms with van der Waals surface area (Å²) in [4.78, 5) is 10.8. The molecule has 1 aliphatic rings. The Labute approximate surface area is 93.0 Å². The van der Waals surface area contributed by atoms with Crippen molar-refractivity contribution < 1.29 is 19.4 Å². The van der Waals surface area contributed by atoms with Crippen molar-refractivity contribution in [3.05, 3.63) is 29.8 Å². The Morgan fingerprint density at radius 2 is 2.31 bits per heavy atom. The maximum atomic E-state index is 10.8. The Kier molecular flexibility index (Phi) is 2.70. The molecule has 0 radical (unpaired) electrons. The van der Waals surface area contributed by atoms with E-state index in [9.17, 15) is 9.90 Å². The molecule has 2 rings (SSSR count). The number of para-hydroxylation sites is 1. The number of carbonyl (C=O) groups excluding carboxylic acids is 1. The second kappa shape index (κ2) is 4.02. The number of benzene rings is 1. The predicted octanol–water partition coefficient (Wildman–Crippen LogP) is 0.802. The minimum absolute atomic E-state index is 0.0381. The van der Waals surface area contributed by atoms with Gasteiger partial charge in [0.05, 0.1) is 0 Å². The van der Waals surface area contributed by atoms with E-state index in [4.69, 9.17) is 4.74 Å². The molecule has 2 N–H and O–H groups in total. The zero-order chi connectivity index (χ0) is 11.6. The van der Waals surface area contributed by atoms with Crippen molar-refractivity contribution in [2.45, 2.75) is 12.6 Å². The van der Waals surface area contributed by atoms with Crippen molar-refractivity contribution in [2.75, 3.05) is 13.2 Å². The van der Waals surface area contributed by atoms with Gasteiger partial charge in [-0.2, -0.15) is 0 Å². The van der Waals surface area contributed by atoms with Crippen LogP contribution in [-0.4, -0.2) is 30.1 Å². The molecule has 0 aromatic heterocycles. The Bertz CT molecular complexity index is 407. The van der Waals surface area contributed by atoms with Gasteiger partial charge in [0.15, 0.2) is 0 Å². The lowest BCUT2D eigenvalue weighted by molar-refractivity contribution is -0.0249. The van der Waals surface area contributed by atoms with Gasteiger partial charge >= 0.3 is 6.09 Å². The zero-order valence-electron chi connectivity index (χ0n) is 8.90. The first-order chi connectivity index (χ1) is 7.59. The van der Waals surface area contributed by atoms with Crippen LogP contribution in [0.4, 0.5) is 4.79 Å². The minimum atomic E-state index is -1.43. The molecule has 0 aliphatic carbocycles. The molecule has 0 spiro atoms. The molecule has 5 nitrogen and oxygen atoms in total. The third kappa shape index (κ3) is 2.25. The van der Waals surface area contributed by atoms with E-state index in [1.807, 2.05) is 25.1 Å². The number of aryl methyl sites for hydroxylation is 1. The van der Waals surface area contributed by atoms with E-state index in [0.29, 0.717) is 5.75 Å². The number of carbonyl (C=O) groups is 1. The molecule has 0 saturated carbocycles. The fourth-order valence-corrected chi connectivity index (χ4v) is 1.44. The van der Waals surface area contributed by atoms with Crippen LogP contribution in [-0.2, 0) is 4.74 Å². The Morgan fingerprint density at radius 3 is 2.94 bits per heavy atom. The van der Waals surface area contributed by atoms with Crippen LogP contribution in [0.3, 0.4) is 0 Å². The lowest BCUT2D eigenvalue weighted by atomic mass is 10.2. The third-order valence-corrected chi connectivity index (χ3v) is 2.34. The Balaban J connectivity index is 1.97. The van der Waals surface area contributed by atoms with Crippen molar-refractivity contribution >= 4 is 6.09 Å². The van der Waals surface area contributed by atoms with Crippen LogP contribution >= 0.6 is 0 Å². The van der Waals surface area contributed by atoms with Crippen molar-refractivity contribution in [3.8, 4) is 5.75 Å². The number of rotatable bonds is 3. The molecule has 1 aromatic carbocycles. The number of cyclic esters (lactones) is 1. The first-order valence-electron chi connectivity index (χ1n) is 4.95. The van der Waals surface area contributed by atoms with Crippen LogP contribution in [0.15, 0.2) is 24.3 Å². The highest BCUT2D eigenvalue weighted by Gasteiger charge is 2.38. The molecular formula is C11H13NO4. The summed E-state index contributed by atoms with van der Waals surface area (Å²) in [6, 6.07) is 7.45. The van der Waals surface area contributed by atoms with E-state index < -0.39 is 11.8 Å². The highest BCUT2D eigenvalue weighted by molar-refractivity contribution is 5.70. The number of ether oxygens (including phenoxy) is 2. The molecule has 1 fully saturated rings. The van der Waals surface area contributed by atoms with E-state index in [1.54, 1.807) is 6.07 Å². The highest BCUT2D eigenvalue weighted by Crippen LogP contribution is 2.18. The van der Waals surface area contributed by atoms with E-state index in [0.717, 1.165) is 5.56 Å². The van der Waals surface area contributed by atoms with Crippen molar-refractivity contribution in [1.29, 1.82) is 0 Å². The normalized spacial score (nSPS) is 23.8. The quantitative estimate of drug-likeness (QED) is 0.795. The fourth-order valence-electron chi connectivity index (χ4n) is 1.44. The standard InChI is InChI=1S/C11H13NO4/c1-8-4-2-3-5-9(8)15-6-11(14)7-16-10(13)12-11/h2-5,14H,6-7H2,1H3,(H,12,13). The summed E-state index contributed by atoms with van der Waals surface area (Å²) >= 11 is 0. The van der Waals surface area contributed by atoms with Gasteiger partial charge < -0.3 is 14.6 Å². The van der Waals surface area contributed by atoms with Crippen molar-refractivity contribution in [2.24, 2.45) is 0 Å². The summed E-state index contributed by atoms with van der Waals surface area (Å²) in [5, 5.41) is 12.1. The summed E-state index contributed by atoms with van der Waals surface area (Å²) in [5.74, 6) is 0.678. The fraction of sp³-hybridized carbons (Fsp3) is 0.364. The van der Waals surface area contributed by atoms with Gasteiger partial charge in [-0.3, -0.25) is 5.32 Å². The van der Waals surface area contributed by atoms with Crippen molar-refractivity contribution in [1.82, 2.24) is 5.32 Å². The minimum Gasteiger partial charge on any atom is -0.488 e. The number of alkyl carbamates (subject to hydrolysis) is 1. The first kappa shape index (κ1) is 10.8. The lowest BCUT2D eigenvalue weighted by Crippen LogP contribution is -2.48. The van der Waals surface area contributed by atoms with Gasteiger partial charge in [0, 0.05) is 0 Å². The van der Waals surface area contributed by atoms with E-state index >= 15 is 0 Å². The van der Waals surface area contributed by atoms with Gasteiger partial charge in [-0.1, -0.05) is 18.2 Å².